The maximum Gasteiger partial charge on any atom is 0.265 e. The number of anilines is 2. The second-order valence-electron chi connectivity index (χ2n) is 3.83. The normalized spacial score (nSPS) is 10.4. The molecule has 0 aliphatic rings. The first-order valence-corrected chi connectivity index (χ1v) is 7.45. The smallest absolute Gasteiger partial charge is 0.265 e. The van der Waals surface area contributed by atoms with Gasteiger partial charge in [-0.2, -0.15) is 0 Å². The number of amides is 1. The third-order valence-corrected chi connectivity index (χ3v) is 4.50. The van der Waals surface area contributed by atoms with Crippen LogP contribution >= 0.6 is 22.7 Å². The summed E-state index contributed by atoms with van der Waals surface area (Å²) in [6, 6.07) is 0. The number of nitrogen functional groups attached to an aromatic ring is 1. The minimum atomic E-state index is -0.207. The first-order valence-electron chi connectivity index (χ1n) is 5.75. The van der Waals surface area contributed by atoms with E-state index in [9.17, 15) is 4.79 Å². The highest BCUT2D eigenvalue weighted by atomic mass is 32.1. The zero-order chi connectivity index (χ0) is 13.8. The molecule has 0 aromatic carbocycles. The van der Waals surface area contributed by atoms with Crippen LogP contribution in [-0.4, -0.2) is 29.5 Å². The van der Waals surface area contributed by atoms with Crippen molar-refractivity contribution in [3.05, 3.63) is 21.5 Å². The summed E-state index contributed by atoms with van der Waals surface area (Å²) in [5.74, 6) is 0.0675. The standard InChI is InChI=1S/C11H15N5OS2/c1-3-16(2)11-15-9(12)8(19-11)10(17)14-6-7-13-4-5-18-7/h4-5H,3,6,12H2,1-2H3,(H,14,17). The van der Waals surface area contributed by atoms with E-state index >= 15 is 0 Å². The molecule has 102 valence electrons. The second kappa shape index (κ2) is 5.98. The molecule has 0 spiro atoms. The number of carbonyl (C=O) groups is 1. The van der Waals surface area contributed by atoms with Crippen LogP contribution in [0.2, 0.25) is 0 Å². The molecule has 2 rings (SSSR count). The van der Waals surface area contributed by atoms with E-state index in [0.29, 0.717) is 11.4 Å². The third kappa shape index (κ3) is 3.21. The lowest BCUT2D eigenvalue weighted by Gasteiger charge is -2.10. The van der Waals surface area contributed by atoms with E-state index in [1.54, 1.807) is 6.20 Å². The second-order valence-corrected chi connectivity index (χ2v) is 5.79. The van der Waals surface area contributed by atoms with Crippen LogP contribution in [0.4, 0.5) is 10.9 Å². The molecule has 0 bridgehead atoms. The topological polar surface area (TPSA) is 84.1 Å². The quantitative estimate of drug-likeness (QED) is 0.875. The van der Waals surface area contributed by atoms with Gasteiger partial charge in [-0.25, -0.2) is 9.97 Å². The first-order chi connectivity index (χ1) is 9.11. The fourth-order valence-corrected chi connectivity index (χ4v) is 2.84. The van der Waals surface area contributed by atoms with Gasteiger partial charge >= 0.3 is 0 Å². The van der Waals surface area contributed by atoms with Gasteiger partial charge in [-0.3, -0.25) is 4.79 Å². The van der Waals surface area contributed by atoms with Crippen molar-refractivity contribution < 1.29 is 4.79 Å². The van der Waals surface area contributed by atoms with Crippen LogP contribution in [0.1, 0.15) is 21.6 Å². The molecule has 0 aliphatic carbocycles. The van der Waals surface area contributed by atoms with Crippen molar-refractivity contribution in [2.75, 3.05) is 24.2 Å². The maximum atomic E-state index is 12.0. The highest BCUT2D eigenvalue weighted by Crippen LogP contribution is 2.27. The van der Waals surface area contributed by atoms with Crippen LogP contribution in [0.3, 0.4) is 0 Å². The molecule has 3 N–H and O–H groups in total. The Hall–Kier alpha value is -1.67. The molecule has 0 radical (unpaired) electrons. The summed E-state index contributed by atoms with van der Waals surface area (Å²) in [6.07, 6.45) is 1.71. The zero-order valence-electron chi connectivity index (χ0n) is 10.7. The molecule has 2 aromatic rings. The Kier molecular flexibility index (Phi) is 4.33. The lowest BCUT2D eigenvalue weighted by molar-refractivity contribution is 0.0955. The Balaban J connectivity index is 2.04. The number of hydrogen-bond acceptors (Lipinski definition) is 7. The lowest BCUT2D eigenvalue weighted by Crippen LogP contribution is -2.22. The lowest BCUT2D eigenvalue weighted by atomic mass is 10.4. The molecular weight excluding hydrogens is 282 g/mol. The van der Waals surface area contributed by atoms with Gasteiger partial charge in [0, 0.05) is 25.2 Å². The van der Waals surface area contributed by atoms with Crippen molar-refractivity contribution >= 4 is 39.5 Å². The highest BCUT2D eigenvalue weighted by molar-refractivity contribution is 7.18. The van der Waals surface area contributed by atoms with Gasteiger partial charge in [0.15, 0.2) is 5.13 Å². The van der Waals surface area contributed by atoms with Crippen molar-refractivity contribution in [3.63, 3.8) is 0 Å². The number of nitrogens with one attached hydrogen (secondary N) is 1. The van der Waals surface area contributed by atoms with Crippen LogP contribution in [0.15, 0.2) is 11.6 Å². The van der Waals surface area contributed by atoms with Gasteiger partial charge in [-0.15, -0.1) is 11.3 Å². The van der Waals surface area contributed by atoms with E-state index in [4.69, 9.17) is 5.73 Å². The minimum Gasteiger partial charge on any atom is -0.382 e. The number of nitrogens with two attached hydrogens (primary N) is 1. The summed E-state index contributed by atoms with van der Waals surface area (Å²) in [6.45, 7) is 3.24. The Bertz CT molecular complexity index is 551. The largest absolute Gasteiger partial charge is 0.382 e. The third-order valence-electron chi connectivity index (χ3n) is 2.53. The summed E-state index contributed by atoms with van der Waals surface area (Å²) >= 11 is 2.80. The van der Waals surface area contributed by atoms with E-state index in [1.165, 1.54) is 22.7 Å². The number of thiazole rings is 2. The SMILES string of the molecule is CCN(C)c1nc(N)c(C(=O)NCc2nccs2)s1. The molecule has 0 aliphatic heterocycles. The number of carbonyl (C=O) groups excluding carboxylic acids is 1. The van der Waals surface area contributed by atoms with Crippen molar-refractivity contribution in [1.82, 2.24) is 15.3 Å². The van der Waals surface area contributed by atoms with E-state index < -0.39 is 0 Å². The predicted octanol–water partition coefficient (Wildman–Crippen LogP) is 1.57. The van der Waals surface area contributed by atoms with Crippen molar-refractivity contribution in [2.24, 2.45) is 0 Å². The first kappa shape index (κ1) is 13.8. The number of aromatic nitrogens is 2. The van der Waals surface area contributed by atoms with Crippen LogP contribution in [0, 0.1) is 0 Å². The highest BCUT2D eigenvalue weighted by Gasteiger charge is 2.17. The molecule has 0 atom stereocenters. The monoisotopic (exact) mass is 297 g/mol. The zero-order valence-corrected chi connectivity index (χ0v) is 12.3. The van der Waals surface area contributed by atoms with Gasteiger partial charge in [0.25, 0.3) is 5.91 Å². The number of rotatable bonds is 5. The molecule has 0 saturated heterocycles. The van der Waals surface area contributed by atoms with Gasteiger partial charge in [0.1, 0.15) is 15.7 Å². The van der Waals surface area contributed by atoms with Gasteiger partial charge in [-0.1, -0.05) is 11.3 Å². The summed E-state index contributed by atoms with van der Waals surface area (Å²) in [5.41, 5.74) is 5.78. The van der Waals surface area contributed by atoms with Gasteiger partial charge < -0.3 is 16.0 Å². The van der Waals surface area contributed by atoms with Crippen LogP contribution < -0.4 is 16.0 Å². The summed E-state index contributed by atoms with van der Waals surface area (Å²) in [5, 5.41) is 6.28. The van der Waals surface area contributed by atoms with E-state index in [1.807, 2.05) is 24.3 Å². The maximum absolute atomic E-state index is 12.0. The summed E-state index contributed by atoms with van der Waals surface area (Å²) in [4.78, 5) is 22.7. The van der Waals surface area contributed by atoms with Crippen molar-refractivity contribution in [1.29, 1.82) is 0 Å². The van der Waals surface area contributed by atoms with Gasteiger partial charge in [0.2, 0.25) is 0 Å². The van der Waals surface area contributed by atoms with Crippen molar-refractivity contribution in [3.8, 4) is 0 Å². The molecule has 8 heteroatoms. The Morgan fingerprint density at radius 3 is 3.00 bits per heavy atom. The molecule has 0 saturated carbocycles. The number of hydrogen-bond donors (Lipinski definition) is 2. The molecule has 0 unspecified atom stereocenters. The average Bonchev–Trinajstić information content (AvgIpc) is 3.04. The van der Waals surface area contributed by atoms with E-state index in [2.05, 4.69) is 15.3 Å². The molecule has 2 aromatic heterocycles. The number of nitrogens with zero attached hydrogens (tertiary/aromatic N) is 3. The summed E-state index contributed by atoms with van der Waals surface area (Å²) < 4.78 is 0. The van der Waals surface area contributed by atoms with E-state index in [-0.39, 0.29) is 11.7 Å². The van der Waals surface area contributed by atoms with Crippen LogP contribution in [0.5, 0.6) is 0 Å². The fourth-order valence-electron chi connectivity index (χ4n) is 1.36. The molecule has 1 amide bonds. The molecule has 0 fully saturated rings. The molecule has 19 heavy (non-hydrogen) atoms. The molecule has 2 heterocycles. The predicted molar refractivity (Wildman–Crippen MR) is 78.8 cm³/mol. The van der Waals surface area contributed by atoms with Gasteiger partial charge in [0.05, 0.1) is 6.54 Å². The Morgan fingerprint density at radius 2 is 2.37 bits per heavy atom. The molecular formula is C11H15N5OS2. The fraction of sp³-hybridized carbons (Fsp3) is 0.364. The summed E-state index contributed by atoms with van der Waals surface area (Å²) in [7, 11) is 1.91. The van der Waals surface area contributed by atoms with E-state index in [0.717, 1.165) is 16.7 Å². The van der Waals surface area contributed by atoms with Crippen LogP contribution in [0.25, 0.3) is 0 Å². The van der Waals surface area contributed by atoms with Crippen LogP contribution in [-0.2, 0) is 6.54 Å². The van der Waals surface area contributed by atoms with Crippen molar-refractivity contribution in [2.45, 2.75) is 13.5 Å². The van der Waals surface area contributed by atoms with Gasteiger partial charge in [-0.05, 0) is 6.92 Å². The Labute approximate surface area is 119 Å². The molecule has 6 nitrogen and oxygen atoms in total. The minimum absolute atomic E-state index is 0.207. The average molecular weight is 297 g/mol. The Morgan fingerprint density at radius 1 is 1.58 bits per heavy atom.